The van der Waals surface area contributed by atoms with Crippen molar-refractivity contribution in [1.29, 1.82) is 5.53 Å². The molecule has 3 rings (SSSR count). The summed E-state index contributed by atoms with van der Waals surface area (Å²) >= 11 is 0. The van der Waals surface area contributed by atoms with Gasteiger partial charge >= 0.3 is 12.1 Å². The van der Waals surface area contributed by atoms with Crippen LogP contribution >= 0.6 is 0 Å². The summed E-state index contributed by atoms with van der Waals surface area (Å²) in [6.07, 6.45) is 2.98. The van der Waals surface area contributed by atoms with Crippen molar-refractivity contribution in [1.82, 2.24) is 5.32 Å². The minimum atomic E-state index is -0.720. The summed E-state index contributed by atoms with van der Waals surface area (Å²) in [6, 6.07) is 16.6. The molecule has 34 heavy (non-hydrogen) atoms. The lowest BCUT2D eigenvalue weighted by atomic mass is 9.77. The topological polar surface area (TPSA) is 124 Å². The number of aliphatic carboxylic acids is 1. The van der Waals surface area contributed by atoms with Gasteiger partial charge in [-0.1, -0.05) is 42.5 Å². The average Bonchev–Trinajstić information content (AvgIpc) is 2.84. The van der Waals surface area contributed by atoms with Gasteiger partial charge < -0.3 is 9.84 Å². The van der Waals surface area contributed by atoms with E-state index in [1.54, 1.807) is 13.8 Å². The van der Waals surface area contributed by atoms with Crippen LogP contribution < -0.4 is 5.32 Å². The maximum absolute atomic E-state index is 12.4. The number of hydrogen-bond acceptors (Lipinski definition) is 6. The van der Waals surface area contributed by atoms with E-state index >= 15 is 0 Å². The van der Waals surface area contributed by atoms with Crippen LogP contribution in [0.1, 0.15) is 69.1 Å². The van der Waals surface area contributed by atoms with Gasteiger partial charge in [-0.25, -0.2) is 15.3 Å². The molecule has 0 heterocycles. The Balaban J connectivity index is 1.63. The van der Waals surface area contributed by atoms with E-state index < -0.39 is 24.2 Å². The zero-order valence-electron chi connectivity index (χ0n) is 19.6. The van der Waals surface area contributed by atoms with Crippen molar-refractivity contribution in [3.63, 3.8) is 0 Å². The summed E-state index contributed by atoms with van der Waals surface area (Å²) < 4.78 is 5.46. The highest BCUT2D eigenvalue weighted by Gasteiger charge is 2.24. The van der Waals surface area contributed by atoms with Gasteiger partial charge in [0.15, 0.2) is 0 Å². The quantitative estimate of drug-likeness (QED) is 0.238. The molecule has 2 atom stereocenters. The highest BCUT2D eigenvalue weighted by molar-refractivity contribution is 5.99. The van der Waals surface area contributed by atoms with Crippen LogP contribution in [0.25, 0.3) is 0 Å². The van der Waals surface area contributed by atoms with Crippen LogP contribution in [0, 0.1) is 11.4 Å². The van der Waals surface area contributed by atoms with Crippen LogP contribution in [-0.2, 0) is 9.53 Å². The molecule has 0 aliphatic heterocycles. The van der Waals surface area contributed by atoms with E-state index in [0.29, 0.717) is 11.6 Å². The summed E-state index contributed by atoms with van der Waals surface area (Å²) in [5, 5.41) is 15.1. The van der Waals surface area contributed by atoms with E-state index in [-0.39, 0.29) is 18.2 Å². The number of hydrogen-bond donors (Lipinski definition) is 3. The summed E-state index contributed by atoms with van der Waals surface area (Å²) in [6.45, 7) is 3.47. The first-order chi connectivity index (χ1) is 16.4. The van der Waals surface area contributed by atoms with E-state index in [0.717, 1.165) is 31.2 Å². The molecule has 0 bridgehead atoms. The van der Waals surface area contributed by atoms with Crippen molar-refractivity contribution in [2.24, 2.45) is 16.0 Å². The van der Waals surface area contributed by atoms with Crippen molar-refractivity contribution < 1.29 is 19.4 Å². The molecule has 1 saturated carbocycles. The van der Waals surface area contributed by atoms with Crippen LogP contribution in [0.2, 0.25) is 0 Å². The SMILES string of the molecule is CC(N=N)C(=Nc1ccc(C2CCC(CC(=O)O)CC2)cc1)NC(=O)OC(C)c1ccccc1. The molecule has 2 aromatic rings. The normalized spacial score (nSPS) is 20.1. The van der Waals surface area contributed by atoms with Gasteiger partial charge in [-0.15, -0.1) is 0 Å². The van der Waals surface area contributed by atoms with Gasteiger partial charge in [-0.3, -0.25) is 10.1 Å². The van der Waals surface area contributed by atoms with Crippen molar-refractivity contribution in [2.75, 3.05) is 0 Å². The van der Waals surface area contributed by atoms with Crippen molar-refractivity contribution in [3.05, 3.63) is 65.7 Å². The second-order valence-electron chi connectivity index (χ2n) is 8.79. The number of benzene rings is 2. The molecule has 0 saturated heterocycles. The number of amidine groups is 1. The fourth-order valence-electron chi connectivity index (χ4n) is 4.28. The number of carbonyl (C=O) groups excluding carboxylic acids is 1. The minimum Gasteiger partial charge on any atom is -0.481 e. The predicted octanol–water partition coefficient (Wildman–Crippen LogP) is 6.37. The maximum atomic E-state index is 12.4. The molecule has 1 amide bonds. The summed E-state index contributed by atoms with van der Waals surface area (Å²) in [4.78, 5) is 27.9. The van der Waals surface area contributed by atoms with Gasteiger partial charge in [0.05, 0.1) is 5.69 Å². The van der Waals surface area contributed by atoms with Crippen molar-refractivity contribution in [3.8, 4) is 0 Å². The second kappa shape index (κ2) is 12.1. The van der Waals surface area contributed by atoms with E-state index in [9.17, 15) is 9.59 Å². The largest absolute Gasteiger partial charge is 0.481 e. The third kappa shape index (κ3) is 7.23. The Morgan fingerprint density at radius 3 is 2.29 bits per heavy atom. The molecular formula is C26H32N4O4. The Kier molecular flexibility index (Phi) is 8.90. The first-order valence-corrected chi connectivity index (χ1v) is 11.6. The number of amides is 1. The molecule has 2 aromatic carbocycles. The highest BCUT2D eigenvalue weighted by Crippen LogP contribution is 2.37. The summed E-state index contributed by atoms with van der Waals surface area (Å²) in [7, 11) is 0. The van der Waals surface area contributed by atoms with Crippen LogP contribution in [0.3, 0.4) is 0 Å². The first-order valence-electron chi connectivity index (χ1n) is 11.6. The predicted molar refractivity (Wildman–Crippen MR) is 130 cm³/mol. The average molecular weight is 465 g/mol. The number of alkyl carbamates (subject to hydrolysis) is 1. The van der Waals surface area contributed by atoms with Crippen LogP contribution in [0.5, 0.6) is 0 Å². The molecule has 8 heteroatoms. The molecule has 1 aliphatic rings. The summed E-state index contributed by atoms with van der Waals surface area (Å²) in [5.74, 6) is 0.201. The number of rotatable bonds is 8. The van der Waals surface area contributed by atoms with E-state index in [1.807, 2.05) is 54.6 Å². The second-order valence-corrected chi connectivity index (χ2v) is 8.79. The lowest BCUT2D eigenvalue weighted by Crippen LogP contribution is -2.37. The molecule has 8 nitrogen and oxygen atoms in total. The van der Waals surface area contributed by atoms with Gasteiger partial charge in [0.1, 0.15) is 18.0 Å². The van der Waals surface area contributed by atoms with Gasteiger partial charge in [0.25, 0.3) is 0 Å². The number of carbonyl (C=O) groups is 2. The zero-order valence-corrected chi connectivity index (χ0v) is 19.6. The number of ether oxygens (including phenoxy) is 1. The number of nitrogens with one attached hydrogen (secondary N) is 2. The zero-order chi connectivity index (χ0) is 24.5. The van der Waals surface area contributed by atoms with Gasteiger partial charge in [-0.2, -0.15) is 5.11 Å². The first kappa shape index (κ1) is 25.1. The van der Waals surface area contributed by atoms with Crippen molar-refractivity contribution in [2.45, 2.75) is 64.0 Å². The Bertz CT molecular complexity index is 999. The third-order valence-electron chi connectivity index (χ3n) is 6.30. The minimum absolute atomic E-state index is 0.238. The highest BCUT2D eigenvalue weighted by atomic mass is 16.6. The van der Waals surface area contributed by atoms with Gasteiger partial charge in [-0.05, 0) is 74.6 Å². The number of carboxylic acids is 1. The lowest BCUT2D eigenvalue weighted by molar-refractivity contribution is -0.138. The molecule has 0 spiro atoms. The molecule has 0 aromatic heterocycles. The Morgan fingerprint density at radius 1 is 1.06 bits per heavy atom. The summed E-state index contributed by atoms with van der Waals surface area (Å²) in [5.41, 5.74) is 10.1. The third-order valence-corrected chi connectivity index (χ3v) is 6.30. The maximum Gasteiger partial charge on any atom is 0.413 e. The number of aliphatic imine (C=N–C) groups is 1. The Hall–Kier alpha value is -3.55. The lowest BCUT2D eigenvalue weighted by Gasteiger charge is -2.28. The molecule has 0 radical (unpaired) electrons. The van der Waals surface area contributed by atoms with Crippen LogP contribution in [-0.4, -0.2) is 29.0 Å². The van der Waals surface area contributed by atoms with Crippen LogP contribution in [0.15, 0.2) is 64.7 Å². The fourth-order valence-corrected chi connectivity index (χ4v) is 4.28. The molecular weight excluding hydrogens is 432 g/mol. The van der Waals surface area contributed by atoms with Gasteiger partial charge in [0, 0.05) is 6.42 Å². The van der Waals surface area contributed by atoms with E-state index in [2.05, 4.69) is 15.4 Å². The molecule has 1 fully saturated rings. The molecule has 2 unspecified atom stereocenters. The number of nitrogens with zero attached hydrogens (tertiary/aromatic N) is 2. The van der Waals surface area contributed by atoms with E-state index in [4.69, 9.17) is 15.4 Å². The van der Waals surface area contributed by atoms with E-state index in [1.165, 1.54) is 5.56 Å². The smallest absolute Gasteiger partial charge is 0.413 e. The Labute approximate surface area is 200 Å². The van der Waals surface area contributed by atoms with Gasteiger partial charge in [0.2, 0.25) is 0 Å². The molecule has 3 N–H and O–H groups in total. The molecule has 180 valence electrons. The van der Waals surface area contributed by atoms with Crippen molar-refractivity contribution >= 4 is 23.6 Å². The van der Waals surface area contributed by atoms with Crippen LogP contribution in [0.4, 0.5) is 10.5 Å². The number of carboxylic acid groups (broad SMARTS) is 1. The Morgan fingerprint density at radius 2 is 1.71 bits per heavy atom. The standard InChI is InChI=1S/C26H32N4O4/c1-17(30-27)25(29-26(33)34-18(2)20-6-4-3-5-7-20)28-23-14-12-22(13-15-23)21-10-8-19(9-11-21)16-24(31)32/h3-7,12-15,17-19,21,27H,8-11,16H2,1-2H3,(H,31,32)(H,28,29,33). The monoisotopic (exact) mass is 464 g/mol. The fraction of sp³-hybridized carbons (Fsp3) is 0.423. The molecule has 1 aliphatic carbocycles.